The van der Waals surface area contributed by atoms with E-state index in [1.165, 1.54) is 4.90 Å². The first kappa shape index (κ1) is 18.4. The summed E-state index contributed by atoms with van der Waals surface area (Å²) < 4.78 is 0. The van der Waals surface area contributed by atoms with Crippen molar-refractivity contribution in [2.75, 3.05) is 10.2 Å². The molecule has 0 aromatic heterocycles. The molecule has 142 valence electrons. The summed E-state index contributed by atoms with van der Waals surface area (Å²) in [6, 6.07) is 13.4. The highest BCUT2D eigenvalue weighted by atomic mass is 35.5. The molecule has 0 saturated carbocycles. The van der Waals surface area contributed by atoms with Crippen LogP contribution in [-0.2, 0) is 9.59 Å². The van der Waals surface area contributed by atoms with Gasteiger partial charge in [-0.3, -0.25) is 19.3 Å². The Hall–Kier alpha value is -2.92. The Bertz CT molecular complexity index is 1010. The van der Waals surface area contributed by atoms with Crippen LogP contribution < -0.4 is 10.2 Å². The Balaban J connectivity index is 1.58. The van der Waals surface area contributed by atoms with Crippen LogP contribution in [0.4, 0.5) is 11.4 Å². The van der Waals surface area contributed by atoms with Gasteiger partial charge in [0.2, 0.25) is 11.8 Å². The van der Waals surface area contributed by atoms with Gasteiger partial charge in [0.25, 0.3) is 5.91 Å². The fraction of sp³-hybridized carbons (Fsp3) is 0.227. The maximum absolute atomic E-state index is 12.9. The number of allylic oxidation sites excluding steroid dienone is 2. The van der Waals surface area contributed by atoms with Crippen LogP contribution in [0.15, 0.2) is 60.2 Å². The van der Waals surface area contributed by atoms with E-state index in [9.17, 15) is 14.4 Å². The molecular formula is C22H19ClN2O3. The average Bonchev–Trinajstić information content (AvgIpc) is 2.92. The van der Waals surface area contributed by atoms with Gasteiger partial charge >= 0.3 is 0 Å². The molecule has 0 radical (unpaired) electrons. The van der Waals surface area contributed by atoms with Crippen molar-refractivity contribution in [2.45, 2.75) is 19.8 Å². The minimum atomic E-state index is -0.335. The molecule has 1 saturated heterocycles. The van der Waals surface area contributed by atoms with E-state index in [1.54, 1.807) is 48.5 Å². The smallest absolute Gasteiger partial charge is 0.255 e. The first-order valence-corrected chi connectivity index (χ1v) is 9.52. The Morgan fingerprint density at radius 3 is 2.61 bits per heavy atom. The van der Waals surface area contributed by atoms with Crippen molar-refractivity contribution in [1.82, 2.24) is 0 Å². The van der Waals surface area contributed by atoms with Crippen molar-refractivity contribution in [2.24, 2.45) is 11.8 Å². The highest BCUT2D eigenvalue weighted by Crippen LogP contribution is 2.39. The predicted molar refractivity (Wildman–Crippen MR) is 108 cm³/mol. The normalized spacial score (nSPS) is 21.4. The zero-order valence-electron chi connectivity index (χ0n) is 15.3. The van der Waals surface area contributed by atoms with E-state index in [0.717, 1.165) is 5.57 Å². The Labute approximate surface area is 168 Å². The van der Waals surface area contributed by atoms with Crippen LogP contribution >= 0.6 is 11.6 Å². The number of hydrogen-bond donors (Lipinski definition) is 1. The van der Waals surface area contributed by atoms with Gasteiger partial charge in [0.1, 0.15) is 0 Å². The van der Waals surface area contributed by atoms with E-state index in [-0.39, 0.29) is 29.6 Å². The standard InChI is InChI=1S/C22H19ClN2O3/c1-13-8-9-18-19(10-13)22(28)25(21(18)27)17-7-2-4-14(11-17)20(26)24-16-6-3-5-15(23)12-16/h2-8,11-12,18-19H,9-10H2,1H3,(H,24,26)/t18-,19+/m1/s1. The summed E-state index contributed by atoms with van der Waals surface area (Å²) in [6.45, 7) is 1.98. The summed E-state index contributed by atoms with van der Waals surface area (Å²) in [5.74, 6) is -1.32. The lowest BCUT2D eigenvalue weighted by Crippen LogP contribution is -2.31. The van der Waals surface area contributed by atoms with Crippen molar-refractivity contribution in [3.05, 3.63) is 70.8 Å². The van der Waals surface area contributed by atoms with Gasteiger partial charge in [-0.1, -0.05) is 35.4 Å². The number of rotatable bonds is 3. The Kier molecular flexibility index (Phi) is 4.77. The Morgan fingerprint density at radius 1 is 1.07 bits per heavy atom. The summed E-state index contributed by atoms with van der Waals surface area (Å²) in [5, 5.41) is 3.29. The van der Waals surface area contributed by atoms with Gasteiger partial charge in [-0.15, -0.1) is 0 Å². The number of amides is 3. The highest BCUT2D eigenvalue weighted by molar-refractivity contribution is 6.31. The maximum Gasteiger partial charge on any atom is 0.255 e. The summed E-state index contributed by atoms with van der Waals surface area (Å²) in [4.78, 5) is 39.5. The number of imide groups is 1. The first-order chi connectivity index (χ1) is 13.4. The van der Waals surface area contributed by atoms with Crippen LogP contribution in [0, 0.1) is 11.8 Å². The third-order valence-electron chi connectivity index (χ3n) is 5.27. The predicted octanol–water partition coefficient (Wildman–Crippen LogP) is 4.44. The molecule has 2 atom stereocenters. The van der Waals surface area contributed by atoms with Gasteiger partial charge in [0.15, 0.2) is 0 Å². The van der Waals surface area contributed by atoms with Crippen LogP contribution in [-0.4, -0.2) is 17.7 Å². The lowest BCUT2D eigenvalue weighted by molar-refractivity contribution is -0.122. The molecule has 0 unspecified atom stereocenters. The van der Waals surface area contributed by atoms with Gasteiger partial charge in [0.05, 0.1) is 17.5 Å². The van der Waals surface area contributed by atoms with E-state index in [0.29, 0.717) is 34.8 Å². The summed E-state index contributed by atoms with van der Waals surface area (Å²) in [7, 11) is 0. The zero-order chi connectivity index (χ0) is 19.8. The van der Waals surface area contributed by atoms with Crippen molar-refractivity contribution in [3.63, 3.8) is 0 Å². The van der Waals surface area contributed by atoms with Gasteiger partial charge in [-0.2, -0.15) is 0 Å². The number of fused-ring (bicyclic) bond motifs is 1. The molecule has 4 rings (SSSR count). The molecule has 2 aromatic rings. The molecule has 28 heavy (non-hydrogen) atoms. The monoisotopic (exact) mass is 394 g/mol. The molecule has 2 aromatic carbocycles. The second kappa shape index (κ2) is 7.24. The second-order valence-corrected chi connectivity index (χ2v) is 7.67. The summed E-state index contributed by atoms with van der Waals surface area (Å²) in [5.41, 5.74) is 2.51. The van der Waals surface area contributed by atoms with Crippen molar-refractivity contribution < 1.29 is 14.4 Å². The van der Waals surface area contributed by atoms with E-state index < -0.39 is 0 Å². The topological polar surface area (TPSA) is 66.5 Å². The number of hydrogen-bond acceptors (Lipinski definition) is 3. The lowest BCUT2D eigenvalue weighted by atomic mass is 9.82. The molecule has 1 heterocycles. The van der Waals surface area contributed by atoms with Crippen LogP contribution in [0.1, 0.15) is 30.1 Å². The molecule has 1 aliphatic heterocycles. The molecule has 3 amide bonds. The number of nitrogens with one attached hydrogen (secondary N) is 1. The largest absolute Gasteiger partial charge is 0.322 e. The van der Waals surface area contributed by atoms with Crippen molar-refractivity contribution in [3.8, 4) is 0 Å². The molecule has 2 aliphatic rings. The quantitative estimate of drug-likeness (QED) is 0.618. The maximum atomic E-state index is 12.9. The van der Waals surface area contributed by atoms with E-state index in [4.69, 9.17) is 11.6 Å². The molecule has 0 spiro atoms. The average molecular weight is 395 g/mol. The Morgan fingerprint density at radius 2 is 1.82 bits per heavy atom. The minimum Gasteiger partial charge on any atom is -0.322 e. The van der Waals surface area contributed by atoms with Crippen LogP contribution in [0.5, 0.6) is 0 Å². The van der Waals surface area contributed by atoms with Crippen LogP contribution in [0.25, 0.3) is 0 Å². The van der Waals surface area contributed by atoms with Crippen molar-refractivity contribution in [1.29, 1.82) is 0 Å². The molecular weight excluding hydrogens is 376 g/mol. The number of benzene rings is 2. The highest BCUT2D eigenvalue weighted by Gasteiger charge is 2.48. The second-order valence-electron chi connectivity index (χ2n) is 7.23. The van der Waals surface area contributed by atoms with Crippen LogP contribution in [0.2, 0.25) is 5.02 Å². The van der Waals surface area contributed by atoms with E-state index in [2.05, 4.69) is 5.32 Å². The van der Waals surface area contributed by atoms with E-state index in [1.807, 2.05) is 13.0 Å². The molecule has 1 N–H and O–H groups in total. The number of halogens is 1. The first-order valence-electron chi connectivity index (χ1n) is 9.14. The summed E-state index contributed by atoms with van der Waals surface area (Å²) in [6.07, 6.45) is 3.23. The summed E-state index contributed by atoms with van der Waals surface area (Å²) >= 11 is 5.95. The van der Waals surface area contributed by atoms with E-state index >= 15 is 0 Å². The minimum absolute atomic E-state index is 0.185. The number of anilines is 2. The van der Waals surface area contributed by atoms with Gasteiger partial charge in [-0.25, -0.2) is 0 Å². The van der Waals surface area contributed by atoms with Gasteiger partial charge < -0.3 is 5.32 Å². The molecule has 0 bridgehead atoms. The number of carbonyl (C=O) groups is 3. The number of carbonyl (C=O) groups excluding carboxylic acids is 3. The molecule has 1 aliphatic carbocycles. The third-order valence-corrected chi connectivity index (χ3v) is 5.51. The lowest BCUT2D eigenvalue weighted by Gasteiger charge is -2.18. The van der Waals surface area contributed by atoms with Gasteiger partial charge in [0, 0.05) is 16.3 Å². The van der Waals surface area contributed by atoms with Gasteiger partial charge in [-0.05, 0) is 56.2 Å². The third kappa shape index (κ3) is 3.34. The molecule has 6 heteroatoms. The van der Waals surface area contributed by atoms with Crippen LogP contribution in [0.3, 0.4) is 0 Å². The molecule has 1 fully saturated rings. The number of nitrogens with zero attached hydrogens (tertiary/aromatic N) is 1. The fourth-order valence-electron chi connectivity index (χ4n) is 3.85. The molecule has 5 nitrogen and oxygen atoms in total. The van der Waals surface area contributed by atoms with Crippen molar-refractivity contribution >= 4 is 40.7 Å². The SMILES string of the molecule is CC1=CC[C@H]2C(=O)N(c3cccc(C(=O)Nc4cccc(Cl)c4)c3)C(=O)[C@H]2C1. The zero-order valence-corrected chi connectivity index (χ0v) is 16.1. The fourth-order valence-corrected chi connectivity index (χ4v) is 4.04.